The van der Waals surface area contributed by atoms with E-state index in [0.29, 0.717) is 0 Å². The van der Waals surface area contributed by atoms with Crippen molar-refractivity contribution in [2.75, 3.05) is 13.7 Å². The van der Waals surface area contributed by atoms with Crippen LogP contribution in [0.4, 0.5) is 0 Å². The van der Waals surface area contributed by atoms with Crippen molar-refractivity contribution in [1.29, 1.82) is 0 Å². The molecule has 0 radical (unpaired) electrons. The second kappa shape index (κ2) is 7.10. The van der Waals surface area contributed by atoms with Gasteiger partial charge in [0.05, 0.1) is 25.4 Å². The number of aryl methyl sites for hydroxylation is 1. The molecule has 0 saturated carbocycles. The summed E-state index contributed by atoms with van der Waals surface area (Å²) in [6.07, 6.45) is 3.13. The summed E-state index contributed by atoms with van der Waals surface area (Å²) < 4.78 is 7.30. The number of methoxy groups -OCH3 is 1. The second-order valence-corrected chi connectivity index (χ2v) is 4.96. The Balaban J connectivity index is 2.17. The maximum absolute atomic E-state index is 5.31. The quantitative estimate of drug-likeness (QED) is 0.843. The molecule has 0 saturated heterocycles. The third-order valence-electron chi connectivity index (χ3n) is 3.28. The highest BCUT2D eigenvalue weighted by atomic mass is 16.5. The number of benzene rings is 1. The number of nitrogens with zero attached hydrogens (tertiary/aromatic N) is 2. The monoisotopic (exact) mass is 273 g/mol. The van der Waals surface area contributed by atoms with Gasteiger partial charge in [-0.1, -0.05) is 19.1 Å². The van der Waals surface area contributed by atoms with Crippen molar-refractivity contribution < 1.29 is 4.74 Å². The minimum Gasteiger partial charge on any atom is -0.497 e. The Labute approximate surface area is 120 Å². The number of hydrogen-bond acceptors (Lipinski definition) is 3. The second-order valence-electron chi connectivity index (χ2n) is 4.96. The van der Waals surface area contributed by atoms with Gasteiger partial charge in [-0.2, -0.15) is 5.10 Å². The summed E-state index contributed by atoms with van der Waals surface area (Å²) >= 11 is 0. The molecule has 1 aromatic carbocycles. The van der Waals surface area contributed by atoms with Gasteiger partial charge < -0.3 is 10.1 Å². The molecule has 0 spiro atoms. The molecule has 1 unspecified atom stereocenters. The first-order chi connectivity index (χ1) is 9.72. The molecule has 2 rings (SSSR count). The van der Waals surface area contributed by atoms with Crippen LogP contribution in [0.1, 0.15) is 30.6 Å². The number of rotatable bonds is 7. The lowest BCUT2D eigenvalue weighted by atomic mass is 10.1. The average Bonchev–Trinajstić information content (AvgIpc) is 2.88. The minimum absolute atomic E-state index is 0.240. The van der Waals surface area contributed by atoms with Gasteiger partial charge in [-0.15, -0.1) is 0 Å². The first-order valence-corrected chi connectivity index (χ1v) is 7.10. The lowest BCUT2D eigenvalue weighted by Crippen LogP contribution is -2.26. The molecule has 4 nitrogen and oxygen atoms in total. The van der Waals surface area contributed by atoms with Gasteiger partial charge in [-0.25, -0.2) is 0 Å². The molecular weight excluding hydrogens is 250 g/mol. The van der Waals surface area contributed by atoms with Gasteiger partial charge in [-0.3, -0.25) is 4.68 Å². The normalized spacial score (nSPS) is 12.3. The van der Waals surface area contributed by atoms with E-state index in [0.717, 1.165) is 31.0 Å². The third-order valence-corrected chi connectivity index (χ3v) is 3.28. The van der Waals surface area contributed by atoms with Gasteiger partial charge in [0.15, 0.2) is 0 Å². The van der Waals surface area contributed by atoms with E-state index in [1.807, 2.05) is 36.0 Å². The van der Waals surface area contributed by atoms with Crippen LogP contribution in [0.2, 0.25) is 0 Å². The van der Waals surface area contributed by atoms with Crippen molar-refractivity contribution in [2.45, 2.75) is 32.9 Å². The summed E-state index contributed by atoms with van der Waals surface area (Å²) in [5, 5.41) is 8.05. The first kappa shape index (κ1) is 14.6. The molecule has 108 valence electrons. The van der Waals surface area contributed by atoms with E-state index in [4.69, 9.17) is 4.74 Å². The molecule has 1 N–H and O–H groups in total. The van der Waals surface area contributed by atoms with Crippen LogP contribution in [0.5, 0.6) is 5.75 Å². The molecule has 0 aliphatic rings. The SMILES string of the molecule is CCCNC(Cn1ccc(C)n1)c1cccc(OC)c1. The predicted molar refractivity (Wildman–Crippen MR) is 81.0 cm³/mol. The number of ether oxygens (including phenoxy) is 1. The van der Waals surface area contributed by atoms with Crippen LogP contribution in [0, 0.1) is 6.92 Å². The Hall–Kier alpha value is -1.81. The fraction of sp³-hybridized carbons (Fsp3) is 0.438. The zero-order chi connectivity index (χ0) is 14.4. The molecule has 0 bridgehead atoms. The molecule has 0 aliphatic heterocycles. The minimum atomic E-state index is 0.240. The van der Waals surface area contributed by atoms with Crippen LogP contribution in [0.25, 0.3) is 0 Å². The average molecular weight is 273 g/mol. The van der Waals surface area contributed by atoms with Crippen LogP contribution in [0.3, 0.4) is 0 Å². The van der Waals surface area contributed by atoms with Crippen molar-refractivity contribution >= 4 is 0 Å². The molecule has 0 fully saturated rings. The van der Waals surface area contributed by atoms with E-state index in [-0.39, 0.29) is 6.04 Å². The highest BCUT2D eigenvalue weighted by molar-refractivity contribution is 5.30. The Kier molecular flexibility index (Phi) is 5.18. The standard InChI is InChI=1S/C16H23N3O/c1-4-9-17-16(12-19-10-8-13(2)18-19)14-6-5-7-15(11-14)20-3/h5-8,10-11,16-17H,4,9,12H2,1-3H3. The summed E-state index contributed by atoms with van der Waals surface area (Å²) in [5.74, 6) is 0.891. The van der Waals surface area contributed by atoms with Crippen molar-refractivity contribution in [2.24, 2.45) is 0 Å². The summed E-state index contributed by atoms with van der Waals surface area (Å²) in [4.78, 5) is 0. The van der Waals surface area contributed by atoms with Crippen molar-refractivity contribution in [3.8, 4) is 5.75 Å². The van der Waals surface area contributed by atoms with Gasteiger partial charge in [0.2, 0.25) is 0 Å². The van der Waals surface area contributed by atoms with Crippen LogP contribution >= 0.6 is 0 Å². The Bertz CT molecular complexity index is 536. The van der Waals surface area contributed by atoms with E-state index in [2.05, 4.69) is 29.5 Å². The molecule has 2 aromatic rings. The number of aromatic nitrogens is 2. The molecule has 4 heteroatoms. The number of hydrogen-bond donors (Lipinski definition) is 1. The molecular formula is C16H23N3O. The van der Waals surface area contributed by atoms with E-state index in [1.54, 1.807) is 7.11 Å². The van der Waals surface area contributed by atoms with Crippen LogP contribution in [-0.2, 0) is 6.54 Å². The maximum atomic E-state index is 5.31. The molecule has 20 heavy (non-hydrogen) atoms. The first-order valence-electron chi connectivity index (χ1n) is 7.10. The van der Waals surface area contributed by atoms with Crippen LogP contribution in [-0.4, -0.2) is 23.4 Å². The molecule has 1 aromatic heterocycles. The van der Waals surface area contributed by atoms with Crippen LogP contribution < -0.4 is 10.1 Å². The lowest BCUT2D eigenvalue weighted by molar-refractivity contribution is 0.408. The fourth-order valence-electron chi connectivity index (χ4n) is 2.22. The van der Waals surface area contributed by atoms with E-state index >= 15 is 0 Å². The van der Waals surface area contributed by atoms with Crippen molar-refractivity contribution in [1.82, 2.24) is 15.1 Å². The summed E-state index contributed by atoms with van der Waals surface area (Å²) in [6, 6.07) is 10.5. The lowest BCUT2D eigenvalue weighted by Gasteiger charge is -2.19. The molecule has 1 heterocycles. The van der Waals surface area contributed by atoms with Gasteiger partial charge in [0, 0.05) is 6.20 Å². The third kappa shape index (κ3) is 3.84. The number of nitrogens with one attached hydrogen (secondary N) is 1. The zero-order valence-electron chi connectivity index (χ0n) is 12.5. The maximum Gasteiger partial charge on any atom is 0.119 e. The predicted octanol–water partition coefficient (Wildman–Crippen LogP) is 2.94. The Morgan fingerprint density at radius 3 is 2.85 bits per heavy atom. The van der Waals surface area contributed by atoms with Crippen molar-refractivity contribution in [3.63, 3.8) is 0 Å². The Morgan fingerprint density at radius 2 is 2.20 bits per heavy atom. The Morgan fingerprint density at radius 1 is 1.35 bits per heavy atom. The topological polar surface area (TPSA) is 39.1 Å². The van der Waals surface area contributed by atoms with Crippen LogP contribution in [0.15, 0.2) is 36.5 Å². The molecule has 1 atom stereocenters. The molecule has 0 aliphatic carbocycles. The summed E-state index contributed by atoms with van der Waals surface area (Å²) in [6.45, 7) is 5.99. The van der Waals surface area contributed by atoms with E-state index in [1.165, 1.54) is 5.56 Å². The van der Waals surface area contributed by atoms with Gasteiger partial charge in [0.25, 0.3) is 0 Å². The largest absolute Gasteiger partial charge is 0.497 e. The molecule has 0 amide bonds. The van der Waals surface area contributed by atoms with Crippen molar-refractivity contribution in [3.05, 3.63) is 47.8 Å². The van der Waals surface area contributed by atoms with E-state index < -0.39 is 0 Å². The summed E-state index contributed by atoms with van der Waals surface area (Å²) in [7, 11) is 1.70. The smallest absolute Gasteiger partial charge is 0.119 e. The van der Waals surface area contributed by atoms with Gasteiger partial charge in [0.1, 0.15) is 5.75 Å². The van der Waals surface area contributed by atoms with E-state index in [9.17, 15) is 0 Å². The zero-order valence-corrected chi connectivity index (χ0v) is 12.5. The highest BCUT2D eigenvalue weighted by Gasteiger charge is 2.12. The summed E-state index contributed by atoms with van der Waals surface area (Å²) in [5.41, 5.74) is 2.27. The van der Waals surface area contributed by atoms with Gasteiger partial charge in [-0.05, 0) is 43.7 Å². The highest BCUT2D eigenvalue weighted by Crippen LogP contribution is 2.20. The fourth-order valence-corrected chi connectivity index (χ4v) is 2.22. The van der Waals surface area contributed by atoms with Gasteiger partial charge >= 0.3 is 0 Å².